The summed E-state index contributed by atoms with van der Waals surface area (Å²) in [5.41, 5.74) is 1.14. The molecular weight excluding hydrogens is 344 g/mol. The van der Waals surface area contributed by atoms with E-state index in [1.807, 2.05) is 18.2 Å². The number of ether oxygens (including phenoxy) is 3. The van der Waals surface area contributed by atoms with Gasteiger partial charge in [-0.1, -0.05) is 6.08 Å². The van der Waals surface area contributed by atoms with Gasteiger partial charge in [0.25, 0.3) is 0 Å². The Labute approximate surface area is 162 Å². The molecule has 27 heavy (non-hydrogen) atoms. The molecule has 0 unspecified atom stereocenters. The maximum atomic E-state index is 5.46. The van der Waals surface area contributed by atoms with Crippen LogP contribution in [0.15, 0.2) is 29.8 Å². The van der Waals surface area contributed by atoms with Crippen molar-refractivity contribution in [2.24, 2.45) is 4.99 Å². The molecule has 0 amide bonds. The number of guanidine groups is 1. The monoisotopic (exact) mass is 376 g/mol. The summed E-state index contributed by atoms with van der Waals surface area (Å²) in [4.78, 5) is 9.31. The van der Waals surface area contributed by atoms with Gasteiger partial charge in [0.2, 0.25) is 5.75 Å². The zero-order valence-electron chi connectivity index (χ0n) is 17.0. The van der Waals surface area contributed by atoms with E-state index in [1.54, 1.807) is 21.3 Å². The van der Waals surface area contributed by atoms with Gasteiger partial charge in [-0.2, -0.15) is 0 Å². The smallest absolute Gasteiger partial charge is 0.203 e. The first kappa shape index (κ1) is 20.9. The molecule has 0 radical (unpaired) electrons. The van der Waals surface area contributed by atoms with Crippen molar-refractivity contribution in [3.63, 3.8) is 0 Å². The number of rotatable bonds is 8. The Balaban J connectivity index is 2.02. The van der Waals surface area contributed by atoms with Crippen LogP contribution in [-0.4, -0.2) is 76.4 Å². The highest BCUT2D eigenvalue weighted by Crippen LogP contribution is 2.38. The third-order valence-electron chi connectivity index (χ3n) is 4.51. The molecule has 1 aliphatic rings. The molecule has 1 aromatic rings. The third-order valence-corrected chi connectivity index (χ3v) is 4.51. The highest BCUT2D eigenvalue weighted by atomic mass is 16.5. The Hall–Kier alpha value is -2.41. The van der Waals surface area contributed by atoms with E-state index in [1.165, 1.54) is 0 Å². The summed E-state index contributed by atoms with van der Waals surface area (Å²) in [6.45, 7) is 12.0. The average molecular weight is 377 g/mol. The normalized spacial score (nSPS) is 15.4. The summed E-state index contributed by atoms with van der Waals surface area (Å²) < 4.78 is 16.3. The first-order chi connectivity index (χ1) is 13.2. The summed E-state index contributed by atoms with van der Waals surface area (Å²) >= 11 is 0. The molecule has 7 nitrogen and oxygen atoms in total. The maximum Gasteiger partial charge on any atom is 0.203 e. The van der Waals surface area contributed by atoms with E-state index < -0.39 is 0 Å². The number of aliphatic imine (C=N–C) groups is 1. The van der Waals surface area contributed by atoms with Gasteiger partial charge >= 0.3 is 0 Å². The van der Waals surface area contributed by atoms with Crippen LogP contribution in [0, 0.1) is 0 Å². The van der Waals surface area contributed by atoms with Crippen molar-refractivity contribution >= 4 is 5.96 Å². The molecule has 0 aliphatic carbocycles. The topological polar surface area (TPSA) is 58.6 Å². The van der Waals surface area contributed by atoms with Crippen LogP contribution >= 0.6 is 0 Å². The summed E-state index contributed by atoms with van der Waals surface area (Å²) in [6, 6.07) is 4.03. The van der Waals surface area contributed by atoms with Crippen molar-refractivity contribution in [3.8, 4) is 17.2 Å². The quantitative estimate of drug-likeness (QED) is 0.425. The van der Waals surface area contributed by atoms with Gasteiger partial charge in [0.05, 0.1) is 27.9 Å². The molecule has 1 aromatic carbocycles. The second-order valence-corrected chi connectivity index (χ2v) is 6.28. The van der Waals surface area contributed by atoms with Gasteiger partial charge in [-0.25, -0.2) is 4.99 Å². The van der Waals surface area contributed by atoms with Gasteiger partial charge in [0, 0.05) is 39.3 Å². The predicted octanol–water partition coefficient (Wildman–Crippen LogP) is 1.98. The highest BCUT2D eigenvalue weighted by molar-refractivity contribution is 5.80. The van der Waals surface area contributed by atoms with Gasteiger partial charge in [0.15, 0.2) is 17.5 Å². The zero-order valence-corrected chi connectivity index (χ0v) is 17.0. The summed E-state index contributed by atoms with van der Waals surface area (Å²) in [7, 11) is 4.91. The molecule has 2 rings (SSSR count). The number of nitrogens with zero attached hydrogens (tertiary/aromatic N) is 3. The number of piperazine rings is 1. The van der Waals surface area contributed by atoms with E-state index in [9.17, 15) is 0 Å². The van der Waals surface area contributed by atoms with Crippen molar-refractivity contribution in [3.05, 3.63) is 30.4 Å². The first-order valence-corrected chi connectivity index (χ1v) is 9.32. The van der Waals surface area contributed by atoms with Gasteiger partial charge in [-0.3, -0.25) is 4.90 Å². The molecule has 0 spiro atoms. The van der Waals surface area contributed by atoms with E-state index in [0.29, 0.717) is 23.8 Å². The van der Waals surface area contributed by atoms with Crippen LogP contribution in [0.3, 0.4) is 0 Å². The molecule has 1 fully saturated rings. The van der Waals surface area contributed by atoms with Crippen LogP contribution in [0.4, 0.5) is 0 Å². The highest BCUT2D eigenvalue weighted by Gasteiger charge is 2.21. The lowest BCUT2D eigenvalue weighted by Gasteiger charge is -2.36. The van der Waals surface area contributed by atoms with Gasteiger partial charge in [-0.15, -0.1) is 6.58 Å². The van der Waals surface area contributed by atoms with Crippen molar-refractivity contribution < 1.29 is 14.2 Å². The summed E-state index contributed by atoms with van der Waals surface area (Å²) in [6.07, 6.45) is 1.82. The minimum Gasteiger partial charge on any atom is -0.493 e. The Morgan fingerprint density at radius 2 is 1.74 bits per heavy atom. The predicted molar refractivity (Wildman–Crippen MR) is 109 cm³/mol. The van der Waals surface area contributed by atoms with Crippen LogP contribution < -0.4 is 19.5 Å². The van der Waals surface area contributed by atoms with Crippen molar-refractivity contribution in [2.45, 2.75) is 13.5 Å². The average Bonchev–Trinajstić information content (AvgIpc) is 2.71. The first-order valence-electron chi connectivity index (χ1n) is 9.32. The zero-order chi connectivity index (χ0) is 19.6. The summed E-state index contributed by atoms with van der Waals surface area (Å²) in [5.74, 6) is 2.97. The Bertz CT molecular complexity index is 615. The van der Waals surface area contributed by atoms with Crippen LogP contribution in [0.5, 0.6) is 17.2 Å². The van der Waals surface area contributed by atoms with Gasteiger partial charge in [0.1, 0.15) is 0 Å². The minimum atomic E-state index is 0.627. The second-order valence-electron chi connectivity index (χ2n) is 6.28. The molecule has 0 aromatic heterocycles. The van der Waals surface area contributed by atoms with Crippen LogP contribution in [-0.2, 0) is 6.54 Å². The molecule has 7 heteroatoms. The molecule has 1 aliphatic heterocycles. The van der Waals surface area contributed by atoms with Crippen molar-refractivity contribution in [1.82, 2.24) is 15.1 Å². The minimum absolute atomic E-state index is 0.627. The number of methoxy groups -OCH3 is 3. The van der Waals surface area contributed by atoms with Crippen molar-refractivity contribution in [2.75, 3.05) is 60.6 Å². The third kappa shape index (κ3) is 5.53. The Morgan fingerprint density at radius 3 is 2.22 bits per heavy atom. The fourth-order valence-corrected chi connectivity index (χ4v) is 3.18. The van der Waals surface area contributed by atoms with Crippen molar-refractivity contribution in [1.29, 1.82) is 0 Å². The SMILES string of the molecule is C=CCN=C(NCC)N1CCN(Cc2cc(OC)c(OC)c(OC)c2)CC1. The summed E-state index contributed by atoms with van der Waals surface area (Å²) in [5, 5.41) is 3.36. The molecule has 0 atom stereocenters. The number of hydrogen-bond donors (Lipinski definition) is 1. The van der Waals surface area contributed by atoms with E-state index in [4.69, 9.17) is 14.2 Å². The maximum absolute atomic E-state index is 5.46. The largest absolute Gasteiger partial charge is 0.493 e. The standard InChI is InChI=1S/C20H32N4O3/c1-6-8-22-20(21-7-2)24-11-9-23(10-12-24)15-16-13-17(25-3)19(27-5)18(14-16)26-4/h6,13-14H,1,7-12,15H2,2-5H3,(H,21,22). The lowest BCUT2D eigenvalue weighted by Crippen LogP contribution is -2.52. The van der Waals surface area contributed by atoms with Crippen LogP contribution in [0.25, 0.3) is 0 Å². The van der Waals surface area contributed by atoms with E-state index in [-0.39, 0.29) is 0 Å². The number of benzene rings is 1. The molecule has 1 saturated heterocycles. The lowest BCUT2D eigenvalue weighted by molar-refractivity contribution is 0.172. The molecule has 150 valence electrons. The van der Waals surface area contributed by atoms with Gasteiger partial charge in [-0.05, 0) is 24.6 Å². The Kier molecular flexibility index (Phi) is 8.26. The Morgan fingerprint density at radius 1 is 1.11 bits per heavy atom. The molecule has 0 saturated carbocycles. The fourth-order valence-electron chi connectivity index (χ4n) is 3.18. The number of hydrogen-bond acceptors (Lipinski definition) is 5. The number of nitrogens with one attached hydrogen (secondary N) is 1. The van der Waals surface area contributed by atoms with Crippen LogP contribution in [0.2, 0.25) is 0 Å². The lowest BCUT2D eigenvalue weighted by atomic mass is 10.1. The fraction of sp³-hybridized carbons (Fsp3) is 0.550. The molecule has 1 heterocycles. The molecule has 0 bridgehead atoms. The van der Waals surface area contributed by atoms with E-state index in [0.717, 1.165) is 50.8 Å². The second kappa shape index (κ2) is 10.7. The van der Waals surface area contributed by atoms with E-state index >= 15 is 0 Å². The van der Waals surface area contributed by atoms with Crippen LogP contribution in [0.1, 0.15) is 12.5 Å². The van der Waals surface area contributed by atoms with Gasteiger partial charge < -0.3 is 24.4 Å². The molecular formula is C20H32N4O3. The van der Waals surface area contributed by atoms with E-state index in [2.05, 4.69) is 33.6 Å². The molecule has 1 N–H and O–H groups in total.